The third-order valence-corrected chi connectivity index (χ3v) is 4.39. The van der Waals surface area contributed by atoms with Crippen LogP contribution in [0.2, 0.25) is 0 Å². The molecule has 3 saturated heterocycles. The number of hydrogen-bond donors (Lipinski definition) is 0. The van der Waals surface area contributed by atoms with Gasteiger partial charge in [-0.25, -0.2) is 0 Å². The third-order valence-electron chi connectivity index (χ3n) is 4.39. The fourth-order valence-electron chi connectivity index (χ4n) is 3.33. The van der Waals surface area contributed by atoms with E-state index in [0.717, 1.165) is 17.9 Å². The first-order valence-electron chi connectivity index (χ1n) is 5.67. The molecule has 1 unspecified atom stereocenters. The molecule has 4 rings (SSSR count). The molecule has 0 radical (unpaired) electrons. The van der Waals surface area contributed by atoms with Gasteiger partial charge in [0.2, 0.25) is 0 Å². The van der Waals surface area contributed by atoms with E-state index in [1.165, 1.54) is 45.2 Å². The van der Waals surface area contributed by atoms with E-state index in [1.54, 1.807) is 6.42 Å². The van der Waals surface area contributed by atoms with Crippen molar-refractivity contribution in [1.82, 2.24) is 4.90 Å². The van der Waals surface area contributed by atoms with Gasteiger partial charge in [0.15, 0.2) is 0 Å². The highest BCUT2D eigenvalue weighted by atomic mass is 15.2. The lowest BCUT2D eigenvalue weighted by Gasteiger charge is -2.50. The van der Waals surface area contributed by atoms with E-state index in [1.807, 2.05) is 0 Å². The largest absolute Gasteiger partial charge is 0.300 e. The molecule has 12 heavy (non-hydrogen) atoms. The van der Waals surface area contributed by atoms with Crippen molar-refractivity contribution in [1.29, 1.82) is 0 Å². The Morgan fingerprint density at radius 2 is 1.67 bits per heavy atom. The molecule has 1 aliphatic carbocycles. The quantitative estimate of drug-likeness (QED) is 0.576. The number of rotatable bonds is 1. The Kier molecular flexibility index (Phi) is 1.68. The summed E-state index contributed by atoms with van der Waals surface area (Å²) in [7, 11) is 0. The summed E-state index contributed by atoms with van der Waals surface area (Å²) < 4.78 is 0. The summed E-state index contributed by atoms with van der Waals surface area (Å²) in [5, 5.41) is 0. The van der Waals surface area contributed by atoms with E-state index in [9.17, 15) is 0 Å². The van der Waals surface area contributed by atoms with Gasteiger partial charge in [-0.05, 0) is 57.0 Å². The van der Waals surface area contributed by atoms with Crippen molar-refractivity contribution in [3.8, 4) is 0 Å². The van der Waals surface area contributed by atoms with E-state index < -0.39 is 0 Å². The summed E-state index contributed by atoms with van der Waals surface area (Å²) in [6.45, 7) is 2.84. The van der Waals surface area contributed by atoms with E-state index in [4.69, 9.17) is 0 Å². The van der Waals surface area contributed by atoms with Crippen molar-refractivity contribution < 1.29 is 0 Å². The smallest absolute Gasteiger partial charge is 0.0126 e. The van der Waals surface area contributed by atoms with Gasteiger partial charge in [-0.1, -0.05) is 6.42 Å². The van der Waals surface area contributed by atoms with Crippen LogP contribution < -0.4 is 0 Å². The Bertz CT molecular complexity index is 166. The van der Waals surface area contributed by atoms with Crippen molar-refractivity contribution in [2.45, 2.75) is 44.6 Å². The van der Waals surface area contributed by atoms with Gasteiger partial charge in [0.1, 0.15) is 0 Å². The summed E-state index contributed by atoms with van der Waals surface area (Å²) in [6, 6.07) is 1.02. The zero-order valence-corrected chi connectivity index (χ0v) is 7.84. The highest BCUT2D eigenvalue weighted by Crippen LogP contribution is 2.41. The monoisotopic (exact) mass is 165 g/mol. The maximum Gasteiger partial charge on any atom is 0.0126 e. The van der Waals surface area contributed by atoms with Crippen LogP contribution in [0, 0.1) is 11.8 Å². The van der Waals surface area contributed by atoms with Crippen molar-refractivity contribution in [3.63, 3.8) is 0 Å². The molecule has 0 aromatic rings. The lowest BCUT2D eigenvalue weighted by molar-refractivity contribution is -0.00414. The van der Waals surface area contributed by atoms with Crippen LogP contribution in [0.4, 0.5) is 0 Å². The maximum atomic E-state index is 2.78. The van der Waals surface area contributed by atoms with Gasteiger partial charge >= 0.3 is 0 Å². The van der Waals surface area contributed by atoms with E-state index >= 15 is 0 Å². The van der Waals surface area contributed by atoms with Crippen molar-refractivity contribution in [2.75, 3.05) is 13.1 Å². The molecule has 1 atom stereocenters. The molecule has 1 nitrogen and oxygen atoms in total. The van der Waals surface area contributed by atoms with Crippen molar-refractivity contribution >= 4 is 0 Å². The molecule has 0 spiro atoms. The zero-order valence-electron chi connectivity index (χ0n) is 7.84. The fourth-order valence-corrected chi connectivity index (χ4v) is 3.33. The van der Waals surface area contributed by atoms with Gasteiger partial charge in [-0.2, -0.15) is 0 Å². The second-order valence-corrected chi connectivity index (χ2v) is 4.97. The zero-order chi connectivity index (χ0) is 7.97. The highest BCUT2D eigenvalue weighted by molar-refractivity contribution is 4.93. The molecule has 4 aliphatic rings. The average molecular weight is 165 g/mol. The first kappa shape index (κ1) is 7.37. The van der Waals surface area contributed by atoms with Gasteiger partial charge in [0.25, 0.3) is 0 Å². The molecule has 4 fully saturated rings. The van der Waals surface area contributed by atoms with Gasteiger partial charge < -0.3 is 4.90 Å². The van der Waals surface area contributed by atoms with Gasteiger partial charge in [0.05, 0.1) is 0 Å². The summed E-state index contributed by atoms with van der Waals surface area (Å²) in [5.41, 5.74) is 0. The van der Waals surface area contributed by atoms with Gasteiger partial charge in [-0.15, -0.1) is 0 Å². The minimum atomic E-state index is 1.02. The minimum absolute atomic E-state index is 1.02. The first-order chi connectivity index (χ1) is 5.93. The molecule has 0 N–H and O–H groups in total. The number of hydrogen-bond acceptors (Lipinski definition) is 1. The maximum absolute atomic E-state index is 2.78. The molecule has 3 heterocycles. The summed E-state index contributed by atoms with van der Waals surface area (Å²) in [4.78, 5) is 2.78. The van der Waals surface area contributed by atoms with Crippen LogP contribution in [0.1, 0.15) is 38.5 Å². The number of piperidine rings is 3. The standard InChI is InChI=1S/C11H19N/c1-2-10(3-1)11-8-9-4-6-12(11)7-5-9/h9-11H,1-8H2. The Morgan fingerprint density at radius 1 is 0.917 bits per heavy atom. The topological polar surface area (TPSA) is 3.24 Å². The molecule has 0 aromatic carbocycles. The molecule has 2 bridgehead atoms. The van der Waals surface area contributed by atoms with E-state index in [2.05, 4.69) is 4.90 Å². The molecular weight excluding hydrogens is 146 g/mol. The summed E-state index contributed by atoms with van der Waals surface area (Å²) in [6.07, 6.45) is 9.14. The normalized spacial score (nSPS) is 47.5. The Labute approximate surface area is 75.1 Å². The molecule has 3 aliphatic heterocycles. The van der Waals surface area contributed by atoms with Gasteiger partial charge in [-0.3, -0.25) is 0 Å². The van der Waals surface area contributed by atoms with E-state index in [-0.39, 0.29) is 0 Å². The SMILES string of the molecule is C1CC(C2CC3CCN2CC3)C1. The Balaban J connectivity index is 1.70. The molecule has 1 heteroatoms. The average Bonchev–Trinajstić information content (AvgIpc) is 2.03. The second-order valence-electron chi connectivity index (χ2n) is 4.97. The van der Waals surface area contributed by atoms with Crippen LogP contribution in [0.5, 0.6) is 0 Å². The molecule has 0 amide bonds. The van der Waals surface area contributed by atoms with Crippen LogP contribution >= 0.6 is 0 Å². The van der Waals surface area contributed by atoms with Crippen LogP contribution in [0.3, 0.4) is 0 Å². The molecule has 68 valence electrons. The predicted molar refractivity (Wildman–Crippen MR) is 50.0 cm³/mol. The molecule has 1 saturated carbocycles. The third kappa shape index (κ3) is 1.02. The highest BCUT2D eigenvalue weighted by Gasteiger charge is 2.39. The van der Waals surface area contributed by atoms with Gasteiger partial charge in [0, 0.05) is 6.04 Å². The Morgan fingerprint density at radius 3 is 2.08 bits per heavy atom. The first-order valence-corrected chi connectivity index (χ1v) is 5.67. The minimum Gasteiger partial charge on any atom is -0.300 e. The number of nitrogens with zero attached hydrogens (tertiary/aromatic N) is 1. The Hall–Kier alpha value is -0.0400. The predicted octanol–water partition coefficient (Wildman–Crippen LogP) is 2.27. The van der Waals surface area contributed by atoms with Crippen LogP contribution in [0.25, 0.3) is 0 Å². The van der Waals surface area contributed by atoms with Crippen LogP contribution in [0.15, 0.2) is 0 Å². The van der Waals surface area contributed by atoms with E-state index in [0.29, 0.717) is 0 Å². The van der Waals surface area contributed by atoms with Crippen molar-refractivity contribution in [2.24, 2.45) is 11.8 Å². The van der Waals surface area contributed by atoms with Crippen LogP contribution in [-0.4, -0.2) is 24.0 Å². The summed E-state index contributed by atoms with van der Waals surface area (Å²) in [5.74, 6) is 2.22. The second kappa shape index (κ2) is 2.73. The summed E-state index contributed by atoms with van der Waals surface area (Å²) >= 11 is 0. The molecular formula is C11H19N. The van der Waals surface area contributed by atoms with Crippen molar-refractivity contribution in [3.05, 3.63) is 0 Å². The lowest BCUT2D eigenvalue weighted by Crippen LogP contribution is -2.53. The fraction of sp³-hybridized carbons (Fsp3) is 1.00. The number of fused-ring (bicyclic) bond motifs is 3. The lowest BCUT2D eigenvalue weighted by atomic mass is 9.71. The van der Waals surface area contributed by atoms with Crippen LogP contribution in [-0.2, 0) is 0 Å². The molecule has 0 aromatic heterocycles.